The van der Waals surface area contributed by atoms with Crippen molar-refractivity contribution in [2.75, 3.05) is 0 Å². The van der Waals surface area contributed by atoms with Gasteiger partial charge in [-0.2, -0.15) is 0 Å². The van der Waals surface area contributed by atoms with E-state index in [9.17, 15) is 0 Å². The minimum absolute atomic E-state index is 0.0493. The smallest absolute Gasteiger partial charge is 0.160 e. The number of aromatic nitrogens is 6. The number of fused-ring (bicyclic) bond motifs is 6. The lowest BCUT2D eigenvalue weighted by Crippen LogP contribution is -2.14. The second-order valence-electron chi connectivity index (χ2n) is 33.7. The van der Waals surface area contributed by atoms with E-state index in [0.29, 0.717) is 11.6 Å². The monoisotopic (exact) mass is 1550 g/mol. The molecule has 0 spiro atoms. The van der Waals surface area contributed by atoms with Gasteiger partial charge < -0.3 is 0 Å². The van der Waals surface area contributed by atoms with Crippen LogP contribution in [0.3, 0.4) is 0 Å². The summed E-state index contributed by atoms with van der Waals surface area (Å²) >= 11 is 0. The molecule has 0 radical (unpaired) electrons. The summed E-state index contributed by atoms with van der Waals surface area (Å²) in [5, 5.41) is 15.5. The summed E-state index contributed by atoms with van der Waals surface area (Å²) in [7, 11) is 0. The maximum absolute atomic E-state index is 5.25. The number of pyridine rings is 2. The molecule has 6 heteroatoms. The standard InChI is InChI=1S/2C58H39N3/c1-58(2)51-11-4-3-10-48(51)49-30-28-45(33-52(49)58)36-12-18-39(19-13-36)53-34-54(40-20-14-37(15-21-40)46-9-6-32-59-35-46)61-57(60-53)44-24-16-38(17-25-44)47-29-26-43-23-22-41-7-5-8-42-27-31-50(47)56(43)55(41)42;1-58(2)51-9-4-3-8-48(51)49-28-26-46(34-52(49)58)37-12-18-41(19-13-37)54-35-53(40-16-10-36(11-17-40)38-30-32-59-33-31-38)60-57(61-54)45-22-14-39(15-23-45)47-27-24-44-21-20-42-6-5-7-43-25-29-50(47)56(44)55(42)43/h2*3-35H,1-2H3. The summed E-state index contributed by atoms with van der Waals surface area (Å²) < 4.78 is 0. The van der Waals surface area contributed by atoms with Crippen molar-refractivity contribution in [3.8, 4) is 157 Å². The number of benzene rings is 18. The molecule has 2 aliphatic carbocycles. The van der Waals surface area contributed by atoms with E-state index < -0.39 is 0 Å². The maximum atomic E-state index is 5.25. The Morgan fingerprint density at radius 3 is 0.877 bits per heavy atom. The van der Waals surface area contributed by atoms with Crippen molar-refractivity contribution in [1.82, 2.24) is 29.9 Å². The predicted molar refractivity (Wildman–Crippen MR) is 507 cm³/mol. The third-order valence-electron chi connectivity index (χ3n) is 26.0. The van der Waals surface area contributed by atoms with Crippen LogP contribution in [0.25, 0.3) is 221 Å². The molecule has 2 aliphatic rings. The van der Waals surface area contributed by atoms with Crippen LogP contribution in [0.15, 0.2) is 401 Å². The number of rotatable bonds is 12. The van der Waals surface area contributed by atoms with Gasteiger partial charge in [0.05, 0.1) is 22.8 Å². The minimum atomic E-state index is -0.0496. The first kappa shape index (κ1) is 71.8. The zero-order valence-electron chi connectivity index (χ0n) is 67.8. The van der Waals surface area contributed by atoms with E-state index >= 15 is 0 Å². The SMILES string of the molecule is CC1(C)c2ccccc2-c2ccc(-c3ccc(-c4cc(-c5ccc(-c6cccnc6)cc5)nc(-c5ccc(-c6ccc7ccc8cccc9ccc6c7c89)cc5)n4)cc3)cc21.CC1(C)c2ccccc2-c2ccc(-c3ccc(-c4cc(-c5ccc(-c6ccncc6)cc5)nc(-c5ccc(-c6ccc7ccc8cccc9ccc6c7c89)cc5)n4)cc3)cc21. The average Bonchev–Trinajstić information content (AvgIpc) is 0.847. The summed E-state index contributed by atoms with van der Waals surface area (Å²) in [5.41, 5.74) is 34.4. The van der Waals surface area contributed by atoms with Crippen molar-refractivity contribution in [3.63, 3.8) is 0 Å². The lowest BCUT2D eigenvalue weighted by molar-refractivity contribution is 0.660. The summed E-state index contributed by atoms with van der Waals surface area (Å²) in [6, 6.07) is 136. The van der Waals surface area contributed by atoms with Gasteiger partial charge in [-0.1, -0.05) is 361 Å². The lowest BCUT2D eigenvalue weighted by Gasteiger charge is -2.22. The molecule has 0 saturated carbocycles. The van der Waals surface area contributed by atoms with Gasteiger partial charge in [0.1, 0.15) is 0 Å². The highest BCUT2D eigenvalue weighted by Crippen LogP contribution is 2.52. The van der Waals surface area contributed by atoms with E-state index in [4.69, 9.17) is 19.9 Å². The van der Waals surface area contributed by atoms with Gasteiger partial charge in [0, 0.05) is 69.0 Å². The Bertz CT molecular complexity index is 7350. The van der Waals surface area contributed by atoms with Crippen molar-refractivity contribution in [2.24, 2.45) is 0 Å². The van der Waals surface area contributed by atoms with Gasteiger partial charge in [0.25, 0.3) is 0 Å². The van der Waals surface area contributed by atoms with Crippen molar-refractivity contribution in [2.45, 2.75) is 38.5 Å². The van der Waals surface area contributed by atoms with Crippen LogP contribution < -0.4 is 0 Å². The second-order valence-corrected chi connectivity index (χ2v) is 33.7. The van der Waals surface area contributed by atoms with Gasteiger partial charge in [-0.25, -0.2) is 19.9 Å². The molecule has 24 rings (SSSR count). The molecule has 0 N–H and O–H groups in total. The number of nitrogens with zero attached hydrogens (tertiary/aromatic N) is 6. The van der Waals surface area contributed by atoms with E-state index in [1.807, 2.05) is 36.8 Å². The van der Waals surface area contributed by atoms with Gasteiger partial charge in [-0.05, 0) is 218 Å². The topological polar surface area (TPSA) is 77.3 Å². The normalized spacial score (nSPS) is 12.9. The molecule has 0 fully saturated rings. The van der Waals surface area contributed by atoms with Crippen LogP contribution in [0.5, 0.6) is 0 Å². The molecule has 6 nitrogen and oxygen atoms in total. The molecule has 4 heterocycles. The van der Waals surface area contributed by atoms with Crippen LogP contribution in [0.1, 0.15) is 49.9 Å². The molecule has 0 bridgehead atoms. The molecule has 0 amide bonds. The van der Waals surface area contributed by atoms with Crippen LogP contribution in [-0.2, 0) is 10.8 Å². The quantitative estimate of drug-likeness (QED) is 0.113. The Balaban J connectivity index is 0.000000142. The van der Waals surface area contributed by atoms with Crippen LogP contribution in [0.2, 0.25) is 0 Å². The fourth-order valence-corrected chi connectivity index (χ4v) is 19.5. The molecule has 122 heavy (non-hydrogen) atoms. The van der Waals surface area contributed by atoms with Gasteiger partial charge in [0.15, 0.2) is 11.6 Å². The van der Waals surface area contributed by atoms with E-state index in [1.54, 1.807) is 6.20 Å². The minimum Gasteiger partial charge on any atom is -0.265 e. The molecule has 18 aromatic carbocycles. The molecule has 572 valence electrons. The first-order valence-electron chi connectivity index (χ1n) is 42.0. The van der Waals surface area contributed by atoms with Crippen molar-refractivity contribution < 1.29 is 0 Å². The number of hydrogen-bond donors (Lipinski definition) is 0. The lowest BCUT2D eigenvalue weighted by atomic mass is 9.81. The highest BCUT2D eigenvalue weighted by molar-refractivity contribution is 6.27. The third-order valence-corrected chi connectivity index (χ3v) is 26.0. The highest BCUT2D eigenvalue weighted by atomic mass is 14.9. The van der Waals surface area contributed by atoms with Crippen LogP contribution >= 0.6 is 0 Å². The fourth-order valence-electron chi connectivity index (χ4n) is 19.5. The molecule has 0 aliphatic heterocycles. The van der Waals surface area contributed by atoms with E-state index in [2.05, 4.69) is 396 Å². The third kappa shape index (κ3) is 12.2. The maximum Gasteiger partial charge on any atom is 0.160 e. The molecular formula is C116H78N6. The first-order valence-corrected chi connectivity index (χ1v) is 42.0. The first-order chi connectivity index (χ1) is 59.9. The molecule has 0 unspecified atom stereocenters. The fraction of sp³-hybridized carbons (Fsp3) is 0.0517. The molecule has 0 saturated heterocycles. The summed E-state index contributed by atoms with van der Waals surface area (Å²) in [6.07, 6.45) is 7.36. The molecule has 22 aromatic rings. The van der Waals surface area contributed by atoms with Crippen molar-refractivity contribution in [3.05, 3.63) is 423 Å². The Hall–Kier alpha value is -15.5. The van der Waals surface area contributed by atoms with Crippen molar-refractivity contribution in [1.29, 1.82) is 0 Å². The zero-order valence-corrected chi connectivity index (χ0v) is 67.8. The molecular weight excluding hydrogens is 1480 g/mol. The Morgan fingerprint density at radius 1 is 0.180 bits per heavy atom. The van der Waals surface area contributed by atoms with Crippen LogP contribution in [-0.4, -0.2) is 29.9 Å². The average molecular weight is 1560 g/mol. The predicted octanol–water partition coefficient (Wildman–Crippen LogP) is 30.2. The second kappa shape index (κ2) is 28.7. The van der Waals surface area contributed by atoms with Gasteiger partial charge >= 0.3 is 0 Å². The Morgan fingerprint density at radius 2 is 0.484 bits per heavy atom. The van der Waals surface area contributed by atoms with E-state index in [-0.39, 0.29) is 10.8 Å². The number of hydrogen-bond acceptors (Lipinski definition) is 6. The van der Waals surface area contributed by atoms with Crippen LogP contribution in [0, 0.1) is 0 Å². The summed E-state index contributed by atoms with van der Waals surface area (Å²) in [4.78, 5) is 29.4. The van der Waals surface area contributed by atoms with Gasteiger partial charge in [0.2, 0.25) is 0 Å². The Kier molecular flexibility index (Phi) is 16.9. The van der Waals surface area contributed by atoms with Gasteiger partial charge in [-0.3, -0.25) is 9.97 Å². The van der Waals surface area contributed by atoms with Crippen LogP contribution in [0.4, 0.5) is 0 Å². The summed E-state index contributed by atoms with van der Waals surface area (Å²) in [6.45, 7) is 9.34. The molecule has 4 aromatic heterocycles. The van der Waals surface area contributed by atoms with E-state index in [1.165, 1.54) is 154 Å². The highest BCUT2D eigenvalue weighted by Gasteiger charge is 2.37. The zero-order chi connectivity index (χ0) is 81.3. The van der Waals surface area contributed by atoms with E-state index in [0.717, 1.165) is 78.4 Å². The molecule has 0 atom stereocenters. The summed E-state index contributed by atoms with van der Waals surface area (Å²) in [5.74, 6) is 1.38. The Labute approximate surface area is 708 Å². The van der Waals surface area contributed by atoms with Crippen molar-refractivity contribution >= 4 is 64.6 Å². The largest absolute Gasteiger partial charge is 0.265 e. The van der Waals surface area contributed by atoms with Gasteiger partial charge in [-0.15, -0.1) is 0 Å².